The van der Waals surface area contributed by atoms with Gasteiger partial charge in [0.2, 0.25) is 0 Å². The molecule has 2 aromatic rings. The third-order valence-corrected chi connectivity index (χ3v) is 5.43. The average molecular weight is 367 g/mol. The highest BCUT2D eigenvalue weighted by atomic mass is 79.9. The summed E-state index contributed by atoms with van der Waals surface area (Å²) < 4.78 is 1.19. The summed E-state index contributed by atoms with van der Waals surface area (Å²) in [4.78, 5) is 6.03. The van der Waals surface area contributed by atoms with E-state index in [9.17, 15) is 0 Å². The number of hydrogen-bond acceptors (Lipinski definition) is 3. The zero-order valence-corrected chi connectivity index (χ0v) is 15.5. The van der Waals surface area contributed by atoms with Crippen LogP contribution in [0.25, 0.3) is 0 Å². The van der Waals surface area contributed by atoms with Crippen LogP contribution in [0.4, 0.5) is 0 Å². The van der Waals surface area contributed by atoms with Gasteiger partial charge in [-0.1, -0.05) is 48.0 Å². The monoisotopic (exact) mass is 366 g/mol. The van der Waals surface area contributed by atoms with Crippen molar-refractivity contribution in [1.82, 2.24) is 10.3 Å². The first-order valence-electron chi connectivity index (χ1n) is 7.38. The predicted molar refractivity (Wildman–Crippen MR) is 95.3 cm³/mol. The zero-order chi connectivity index (χ0) is 15.4. The Bertz CT molecular complexity index is 573. The van der Waals surface area contributed by atoms with Crippen molar-refractivity contribution in [3.63, 3.8) is 0 Å². The average Bonchev–Trinajstić information content (AvgIpc) is 2.74. The molecule has 0 radical (unpaired) electrons. The molecule has 2 rings (SSSR count). The summed E-state index contributed by atoms with van der Waals surface area (Å²) in [5.41, 5.74) is 2.52. The fourth-order valence-corrected chi connectivity index (χ4v) is 3.94. The molecule has 4 heteroatoms. The van der Waals surface area contributed by atoms with E-state index in [0.717, 1.165) is 18.7 Å². The summed E-state index contributed by atoms with van der Waals surface area (Å²) in [5, 5.41) is 4.80. The smallest absolute Gasteiger partial charge is 0.0937 e. The van der Waals surface area contributed by atoms with Gasteiger partial charge in [0.1, 0.15) is 0 Å². The highest BCUT2D eigenvalue weighted by Gasteiger charge is 2.17. The van der Waals surface area contributed by atoms with Crippen molar-refractivity contribution in [3.8, 4) is 0 Å². The molecule has 0 fully saturated rings. The maximum absolute atomic E-state index is 4.71. The van der Waals surface area contributed by atoms with Crippen LogP contribution in [-0.2, 0) is 6.42 Å². The van der Waals surface area contributed by atoms with E-state index in [1.54, 1.807) is 0 Å². The van der Waals surface area contributed by atoms with Crippen LogP contribution in [0, 0.1) is 13.8 Å². The number of aromatic nitrogens is 1. The van der Waals surface area contributed by atoms with Crippen molar-refractivity contribution in [2.24, 2.45) is 0 Å². The Kier molecular flexibility index (Phi) is 5.97. The number of nitrogens with zero attached hydrogens (tertiary/aromatic N) is 1. The van der Waals surface area contributed by atoms with E-state index >= 15 is 0 Å². The fourth-order valence-electron chi connectivity index (χ4n) is 2.31. The molecular weight excluding hydrogens is 344 g/mol. The SMILES string of the molecule is Cc1nc(CC(CNC(C)C)c2ccccc2Br)sc1C. The normalized spacial score (nSPS) is 12.9. The first-order chi connectivity index (χ1) is 9.97. The van der Waals surface area contributed by atoms with Crippen molar-refractivity contribution in [2.45, 2.75) is 46.1 Å². The summed E-state index contributed by atoms with van der Waals surface area (Å²) in [6.45, 7) is 9.59. The summed E-state index contributed by atoms with van der Waals surface area (Å²) in [7, 11) is 0. The lowest BCUT2D eigenvalue weighted by molar-refractivity contribution is 0.525. The van der Waals surface area contributed by atoms with Crippen LogP contribution < -0.4 is 5.32 Å². The number of thiazole rings is 1. The predicted octanol–water partition coefficient (Wildman–Crippen LogP) is 4.85. The Morgan fingerprint density at radius 2 is 1.95 bits per heavy atom. The van der Waals surface area contributed by atoms with Crippen molar-refractivity contribution in [3.05, 3.63) is 49.9 Å². The molecule has 1 aromatic carbocycles. The van der Waals surface area contributed by atoms with Crippen LogP contribution in [0.2, 0.25) is 0 Å². The number of aryl methyl sites for hydroxylation is 2. The lowest BCUT2D eigenvalue weighted by Gasteiger charge is -2.20. The second kappa shape index (κ2) is 7.52. The topological polar surface area (TPSA) is 24.9 Å². The molecule has 21 heavy (non-hydrogen) atoms. The minimum atomic E-state index is 0.438. The third kappa shape index (κ3) is 4.63. The van der Waals surface area contributed by atoms with Gasteiger partial charge in [-0.05, 0) is 25.5 Å². The molecule has 1 heterocycles. The quantitative estimate of drug-likeness (QED) is 0.790. The van der Waals surface area contributed by atoms with Gasteiger partial charge in [0, 0.05) is 34.3 Å². The minimum absolute atomic E-state index is 0.438. The van der Waals surface area contributed by atoms with E-state index in [4.69, 9.17) is 4.98 Å². The second-order valence-electron chi connectivity index (χ2n) is 5.73. The molecule has 114 valence electrons. The van der Waals surface area contributed by atoms with Crippen LogP contribution in [0.5, 0.6) is 0 Å². The molecule has 0 aliphatic carbocycles. The van der Waals surface area contributed by atoms with Gasteiger partial charge < -0.3 is 5.32 Å². The molecule has 0 saturated carbocycles. The Morgan fingerprint density at radius 3 is 2.52 bits per heavy atom. The molecule has 0 spiro atoms. The molecule has 1 aromatic heterocycles. The third-order valence-electron chi connectivity index (χ3n) is 3.61. The standard InChI is InChI=1S/C17H23BrN2S/c1-11(2)19-10-14(15-7-5-6-8-16(15)18)9-17-20-12(3)13(4)21-17/h5-8,11,14,19H,9-10H2,1-4H3. The molecule has 1 unspecified atom stereocenters. The van der Waals surface area contributed by atoms with Crippen LogP contribution in [0.15, 0.2) is 28.7 Å². The highest BCUT2D eigenvalue weighted by Crippen LogP contribution is 2.29. The van der Waals surface area contributed by atoms with E-state index in [1.807, 2.05) is 11.3 Å². The van der Waals surface area contributed by atoms with E-state index in [-0.39, 0.29) is 0 Å². The van der Waals surface area contributed by atoms with Gasteiger partial charge >= 0.3 is 0 Å². The van der Waals surface area contributed by atoms with E-state index in [0.29, 0.717) is 12.0 Å². The summed E-state index contributed by atoms with van der Waals surface area (Å²) >= 11 is 5.52. The number of rotatable bonds is 6. The first-order valence-corrected chi connectivity index (χ1v) is 8.99. The lowest BCUT2D eigenvalue weighted by atomic mass is 9.95. The van der Waals surface area contributed by atoms with Crippen molar-refractivity contribution < 1.29 is 0 Å². The maximum Gasteiger partial charge on any atom is 0.0937 e. The largest absolute Gasteiger partial charge is 0.314 e. The van der Waals surface area contributed by atoms with Crippen LogP contribution in [0.3, 0.4) is 0 Å². The van der Waals surface area contributed by atoms with Gasteiger partial charge in [-0.3, -0.25) is 0 Å². The van der Waals surface area contributed by atoms with Crippen molar-refractivity contribution in [1.29, 1.82) is 0 Å². The number of benzene rings is 1. The molecule has 2 nitrogen and oxygen atoms in total. The van der Waals surface area contributed by atoms with Crippen LogP contribution >= 0.6 is 27.3 Å². The zero-order valence-electron chi connectivity index (χ0n) is 13.1. The first kappa shape index (κ1) is 16.7. The molecule has 0 aliphatic rings. The number of halogens is 1. The van der Waals surface area contributed by atoms with Gasteiger partial charge in [0.05, 0.1) is 10.7 Å². The van der Waals surface area contributed by atoms with Crippen molar-refractivity contribution in [2.75, 3.05) is 6.54 Å². The molecule has 0 saturated heterocycles. The fraction of sp³-hybridized carbons (Fsp3) is 0.471. The Morgan fingerprint density at radius 1 is 1.24 bits per heavy atom. The number of nitrogens with one attached hydrogen (secondary N) is 1. The second-order valence-corrected chi connectivity index (χ2v) is 7.88. The lowest BCUT2D eigenvalue weighted by Crippen LogP contribution is -2.29. The van der Waals surface area contributed by atoms with E-state index in [2.05, 4.69) is 73.2 Å². The van der Waals surface area contributed by atoms with Gasteiger partial charge in [0.25, 0.3) is 0 Å². The van der Waals surface area contributed by atoms with Gasteiger partial charge in [0.15, 0.2) is 0 Å². The molecule has 1 N–H and O–H groups in total. The summed E-state index contributed by atoms with van der Waals surface area (Å²) in [6.07, 6.45) is 0.988. The van der Waals surface area contributed by atoms with E-state index in [1.165, 1.54) is 19.9 Å². The van der Waals surface area contributed by atoms with Gasteiger partial charge in [-0.15, -0.1) is 11.3 Å². The molecule has 1 atom stereocenters. The summed E-state index contributed by atoms with van der Waals surface area (Å²) in [6, 6.07) is 9.01. The number of hydrogen-bond donors (Lipinski definition) is 1. The maximum atomic E-state index is 4.71. The minimum Gasteiger partial charge on any atom is -0.314 e. The highest BCUT2D eigenvalue weighted by molar-refractivity contribution is 9.10. The molecule has 0 aliphatic heterocycles. The Labute approximate surface area is 140 Å². The van der Waals surface area contributed by atoms with E-state index < -0.39 is 0 Å². The molecule has 0 amide bonds. The van der Waals surface area contributed by atoms with Gasteiger partial charge in [-0.25, -0.2) is 4.98 Å². The van der Waals surface area contributed by atoms with Crippen molar-refractivity contribution >= 4 is 27.3 Å². The molecular formula is C17H23BrN2S. The van der Waals surface area contributed by atoms with Crippen LogP contribution in [0.1, 0.15) is 40.9 Å². The summed E-state index contributed by atoms with van der Waals surface area (Å²) in [5.74, 6) is 0.438. The van der Waals surface area contributed by atoms with Crippen LogP contribution in [-0.4, -0.2) is 17.6 Å². The Hall–Kier alpha value is -0.710. The van der Waals surface area contributed by atoms with Gasteiger partial charge in [-0.2, -0.15) is 0 Å². The molecule has 0 bridgehead atoms. The Balaban J connectivity index is 2.21.